The lowest BCUT2D eigenvalue weighted by Gasteiger charge is -2.17. The molecule has 0 radical (unpaired) electrons. The molecule has 0 nitrogen and oxygen atoms in total. The van der Waals surface area contributed by atoms with Crippen molar-refractivity contribution in [2.24, 2.45) is 0 Å². The summed E-state index contributed by atoms with van der Waals surface area (Å²) >= 11 is 5.99. The van der Waals surface area contributed by atoms with Crippen molar-refractivity contribution in [1.29, 1.82) is 0 Å². The van der Waals surface area contributed by atoms with Crippen molar-refractivity contribution in [3.63, 3.8) is 0 Å². The zero-order chi connectivity index (χ0) is 10.6. The zero-order valence-electron chi connectivity index (χ0n) is 9.31. The minimum atomic E-state index is 0.696. The molecule has 78 valence electrons. The molecule has 0 aliphatic heterocycles. The van der Waals surface area contributed by atoms with Crippen LogP contribution in [0.25, 0.3) is 0 Å². The van der Waals surface area contributed by atoms with Crippen LogP contribution in [0.1, 0.15) is 50.7 Å². The second kappa shape index (κ2) is 5.41. The summed E-state index contributed by atoms with van der Waals surface area (Å²) in [6.07, 6.45) is 3.50. The summed E-state index contributed by atoms with van der Waals surface area (Å²) in [7, 11) is 0. The Kier molecular flexibility index (Phi) is 4.47. The van der Waals surface area contributed by atoms with Crippen molar-refractivity contribution in [2.75, 3.05) is 0 Å². The van der Waals surface area contributed by atoms with E-state index in [1.54, 1.807) is 0 Å². The zero-order valence-corrected chi connectivity index (χ0v) is 10.1. The van der Waals surface area contributed by atoms with E-state index in [0.29, 0.717) is 5.92 Å². The molecule has 14 heavy (non-hydrogen) atoms. The molecule has 1 aromatic carbocycles. The molecule has 0 N–H and O–H groups in total. The van der Waals surface area contributed by atoms with Crippen LogP contribution in [0, 0.1) is 0 Å². The van der Waals surface area contributed by atoms with Gasteiger partial charge in [-0.05, 0) is 48.4 Å². The van der Waals surface area contributed by atoms with E-state index in [-0.39, 0.29) is 0 Å². The Morgan fingerprint density at radius 1 is 1.14 bits per heavy atom. The molecule has 1 heteroatoms. The summed E-state index contributed by atoms with van der Waals surface area (Å²) in [6, 6.07) is 6.31. The smallest absolute Gasteiger partial charge is 0.0408 e. The average molecular weight is 211 g/mol. The fourth-order valence-electron chi connectivity index (χ4n) is 2.01. The lowest BCUT2D eigenvalue weighted by atomic mass is 9.89. The quantitative estimate of drug-likeness (QED) is 0.670. The normalized spacial score (nSPS) is 10.9. The first-order chi connectivity index (χ1) is 6.72. The van der Waals surface area contributed by atoms with Crippen molar-refractivity contribution >= 4 is 11.6 Å². The summed E-state index contributed by atoms with van der Waals surface area (Å²) in [5.41, 5.74) is 2.90. The lowest BCUT2D eigenvalue weighted by molar-refractivity contribution is 0.635. The number of hydrogen-bond acceptors (Lipinski definition) is 0. The minimum Gasteiger partial charge on any atom is -0.0843 e. The SMILES string of the molecule is CCc1cc(Cl)ccc1C(CC)CC. The lowest BCUT2D eigenvalue weighted by Crippen LogP contribution is -2.00. The predicted molar refractivity (Wildman–Crippen MR) is 64.2 cm³/mol. The van der Waals surface area contributed by atoms with Gasteiger partial charge in [-0.15, -0.1) is 0 Å². The highest BCUT2D eigenvalue weighted by molar-refractivity contribution is 6.30. The monoisotopic (exact) mass is 210 g/mol. The van der Waals surface area contributed by atoms with Crippen LogP contribution < -0.4 is 0 Å². The van der Waals surface area contributed by atoms with Crippen molar-refractivity contribution in [3.8, 4) is 0 Å². The molecule has 0 bridgehead atoms. The molecule has 0 fully saturated rings. The first-order valence-electron chi connectivity index (χ1n) is 5.51. The van der Waals surface area contributed by atoms with Gasteiger partial charge in [-0.2, -0.15) is 0 Å². The fraction of sp³-hybridized carbons (Fsp3) is 0.538. The van der Waals surface area contributed by atoms with Gasteiger partial charge in [-0.25, -0.2) is 0 Å². The number of rotatable bonds is 4. The Hall–Kier alpha value is -0.490. The molecule has 1 aromatic rings. The first-order valence-corrected chi connectivity index (χ1v) is 5.89. The van der Waals surface area contributed by atoms with Gasteiger partial charge in [0.25, 0.3) is 0 Å². The molecule has 0 atom stereocenters. The van der Waals surface area contributed by atoms with Crippen molar-refractivity contribution in [2.45, 2.75) is 46.0 Å². The Labute approximate surface area is 92.3 Å². The van der Waals surface area contributed by atoms with Crippen LogP contribution in [0.15, 0.2) is 18.2 Å². The maximum atomic E-state index is 5.99. The Bertz CT molecular complexity index is 287. The molecule has 0 aliphatic rings. The van der Waals surface area contributed by atoms with E-state index in [0.717, 1.165) is 11.4 Å². The third-order valence-electron chi connectivity index (χ3n) is 2.91. The Morgan fingerprint density at radius 3 is 2.29 bits per heavy atom. The minimum absolute atomic E-state index is 0.696. The van der Waals surface area contributed by atoms with E-state index in [1.165, 1.54) is 24.0 Å². The first kappa shape index (κ1) is 11.6. The number of aryl methyl sites for hydroxylation is 1. The molecule has 0 aliphatic carbocycles. The van der Waals surface area contributed by atoms with E-state index in [9.17, 15) is 0 Å². The average Bonchev–Trinajstić information content (AvgIpc) is 2.21. The van der Waals surface area contributed by atoms with Crippen LogP contribution in [0.2, 0.25) is 5.02 Å². The van der Waals surface area contributed by atoms with Gasteiger partial charge in [0.2, 0.25) is 0 Å². The summed E-state index contributed by atoms with van der Waals surface area (Å²) in [5.74, 6) is 0.696. The van der Waals surface area contributed by atoms with Crippen LogP contribution in [0.3, 0.4) is 0 Å². The molecule has 0 spiro atoms. The van der Waals surface area contributed by atoms with Gasteiger partial charge in [0.1, 0.15) is 0 Å². The maximum absolute atomic E-state index is 5.99. The Morgan fingerprint density at radius 2 is 1.79 bits per heavy atom. The number of hydrogen-bond donors (Lipinski definition) is 0. The van der Waals surface area contributed by atoms with Crippen LogP contribution in [0.4, 0.5) is 0 Å². The predicted octanol–water partition coefficient (Wildman–Crippen LogP) is 4.81. The molecule has 0 saturated carbocycles. The largest absolute Gasteiger partial charge is 0.0843 e. The summed E-state index contributed by atoms with van der Waals surface area (Å²) in [4.78, 5) is 0. The summed E-state index contributed by atoms with van der Waals surface area (Å²) in [6.45, 7) is 6.70. The molecule has 0 heterocycles. The highest BCUT2D eigenvalue weighted by Gasteiger charge is 2.10. The van der Waals surface area contributed by atoms with E-state index in [2.05, 4.69) is 32.9 Å². The molecule has 0 unspecified atom stereocenters. The van der Waals surface area contributed by atoms with Crippen molar-refractivity contribution in [3.05, 3.63) is 34.3 Å². The summed E-state index contributed by atoms with van der Waals surface area (Å²) < 4.78 is 0. The molecule has 1 rings (SSSR count). The molecule has 0 saturated heterocycles. The molecule has 0 amide bonds. The van der Waals surface area contributed by atoms with Gasteiger partial charge >= 0.3 is 0 Å². The van der Waals surface area contributed by atoms with Crippen LogP contribution in [-0.4, -0.2) is 0 Å². The summed E-state index contributed by atoms with van der Waals surface area (Å²) in [5, 5.41) is 0.858. The van der Waals surface area contributed by atoms with E-state index < -0.39 is 0 Å². The Balaban J connectivity index is 3.06. The van der Waals surface area contributed by atoms with Gasteiger partial charge in [0, 0.05) is 5.02 Å². The van der Waals surface area contributed by atoms with E-state index in [1.807, 2.05) is 6.07 Å². The molecular formula is C13H19Cl. The molecular weight excluding hydrogens is 192 g/mol. The van der Waals surface area contributed by atoms with Gasteiger partial charge in [0.05, 0.1) is 0 Å². The second-order valence-electron chi connectivity index (χ2n) is 3.71. The van der Waals surface area contributed by atoms with Crippen molar-refractivity contribution < 1.29 is 0 Å². The molecule has 0 aromatic heterocycles. The number of halogens is 1. The van der Waals surface area contributed by atoms with Gasteiger partial charge in [-0.1, -0.05) is 38.4 Å². The van der Waals surface area contributed by atoms with Crippen LogP contribution in [-0.2, 0) is 6.42 Å². The van der Waals surface area contributed by atoms with Crippen LogP contribution in [0.5, 0.6) is 0 Å². The number of benzene rings is 1. The third kappa shape index (κ3) is 2.51. The third-order valence-corrected chi connectivity index (χ3v) is 3.15. The standard InChI is InChI=1S/C13H19Cl/c1-4-10(5-2)13-8-7-12(14)9-11(13)6-3/h7-10H,4-6H2,1-3H3. The van der Waals surface area contributed by atoms with Gasteiger partial charge < -0.3 is 0 Å². The van der Waals surface area contributed by atoms with Crippen molar-refractivity contribution in [1.82, 2.24) is 0 Å². The van der Waals surface area contributed by atoms with E-state index >= 15 is 0 Å². The highest BCUT2D eigenvalue weighted by Crippen LogP contribution is 2.28. The topological polar surface area (TPSA) is 0 Å². The van der Waals surface area contributed by atoms with E-state index in [4.69, 9.17) is 11.6 Å². The fourth-order valence-corrected chi connectivity index (χ4v) is 2.20. The second-order valence-corrected chi connectivity index (χ2v) is 4.15. The van der Waals surface area contributed by atoms with Gasteiger partial charge in [0.15, 0.2) is 0 Å². The van der Waals surface area contributed by atoms with Crippen LogP contribution >= 0.6 is 11.6 Å². The van der Waals surface area contributed by atoms with Gasteiger partial charge in [-0.3, -0.25) is 0 Å². The highest BCUT2D eigenvalue weighted by atomic mass is 35.5. The maximum Gasteiger partial charge on any atom is 0.0408 e.